The SMILES string of the molecule is Cc1cccnc1NC(=O)N[C@H]1CCO[C@@H](c2ccccc2)C1. The standard InChI is InChI=1S/C18H21N3O2/c1-13-6-5-10-19-17(13)21-18(22)20-15-9-11-23-16(12-15)14-7-3-2-4-8-14/h2-8,10,15-16H,9,11-12H2,1H3,(H2,19,20,21,22)/t15-,16+/m0/s1. The molecule has 0 aliphatic carbocycles. The molecule has 0 unspecified atom stereocenters. The Kier molecular flexibility index (Phi) is 4.88. The monoisotopic (exact) mass is 311 g/mol. The van der Waals surface area contributed by atoms with E-state index in [9.17, 15) is 4.79 Å². The van der Waals surface area contributed by atoms with Crippen molar-refractivity contribution in [2.45, 2.75) is 31.9 Å². The summed E-state index contributed by atoms with van der Waals surface area (Å²) in [6.07, 6.45) is 3.30. The minimum atomic E-state index is -0.217. The van der Waals surface area contributed by atoms with Gasteiger partial charge in [0.2, 0.25) is 0 Å². The van der Waals surface area contributed by atoms with Gasteiger partial charge in [-0.25, -0.2) is 9.78 Å². The number of pyridine rings is 1. The average molecular weight is 311 g/mol. The number of carbonyl (C=O) groups is 1. The highest BCUT2D eigenvalue weighted by atomic mass is 16.5. The number of aryl methyl sites for hydroxylation is 1. The van der Waals surface area contributed by atoms with E-state index in [1.165, 1.54) is 0 Å². The molecule has 23 heavy (non-hydrogen) atoms. The van der Waals surface area contributed by atoms with E-state index in [1.807, 2.05) is 37.3 Å². The van der Waals surface area contributed by atoms with Gasteiger partial charge in [-0.1, -0.05) is 36.4 Å². The molecule has 2 N–H and O–H groups in total. The van der Waals surface area contributed by atoms with Crippen molar-refractivity contribution in [3.8, 4) is 0 Å². The molecular formula is C18H21N3O2. The van der Waals surface area contributed by atoms with Crippen LogP contribution in [0.2, 0.25) is 0 Å². The second-order valence-electron chi connectivity index (χ2n) is 5.76. The van der Waals surface area contributed by atoms with Crippen molar-refractivity contribution in [3.63, 3.8) is 0 Å². The summed E-state index contributed by atoms with van der Waals surface area (Å²) in [6.45, 7) is 2.57. The first-order chi connectivity index (χ1) is 11.2. The van der Waals surface area contributed by atoms with E-state index < -0.39 is 0 Å². The zero-order valence-corrected chi connectivity index (χ0v) is 13.2. The third-order valence-corrected chi connectivity index (χ3v) is 4.03. The van der Waals surface area contributed by atoms with Crippen LogP contribution in [-0.4, -0.2) is 23.7 Å². The largest absolute Gasteiger partial charge is 0.373 e. The molecule has 2 amide bonds. The van der Waals surface area contributed by atoms with E-state index in [0.717, 1.165) is 24.0 Å². The van der Waals surface area contributed by atoms with Gasteiger partial charge in [0, 0.05) is 18.8 Å². The fourth-order valence-electron chi connectivity index (χ4n) is 2.77. The zero-order valence-electron chi connectivity index (χ0n) is 13.2. The number of rotatable bonds is 3. The molecule has 1 fully saturated rings. The number of carbonyl (C=O) groups excluding carboxylic acids is 1. The number of aromatic nitrogens is 1. The second kappa shape index (κ2) is 7.24. The quantitative estimate of drug-likeness (QED) is 0.913. The molecule has 0 radical (unpaired) electrons. The number of urea groups is 1. The molecule has 0 bridgehead atoms. The number of hydrogen-bond donors (Lipinski definition) is 2. The van der Waals surface area contributed by atoms with E-state index in [-0.39, 0.29) is 18.2 Å². The van der Waals surface area contributed by atoms with Gasteiger partial charge < -0.3 is 10.1 Å². The third kappa shape index (κ3) is 4.07. The number of anilines is 1. The fourth-order valence-corrected chi connectivity index (χ4v) is 2.77. The highest BCUT2D eigenvalue weighted by molar-refractivity contribution is 5.89. The normalized spacial score (nSPS) is 20.7. The maximum atomic E-state index is 12.2. The molecule has 3 rings (SSSR count). The summed E-state index contributed by atoms with van der Waals surface area (Å²) in [5.41, 5.74) is 2.09. The molecule has 1 aliphatic heterocycles. The summed E-state index contributed by atoms with van der Waals surface area (Å²) in [7, 11) is 0. The molecule has 5 heteroatoms. The summed E-state index contributed by atoms with van der Waals surface area (Å²) in [5, 5.41) is 5.83. The van der Waals surface area contributed by atoms with Crippen LogP contribution in [0, 0.1) is 6.92 Å². The Bertz CT molecular complexity index is 660. The summed E-state index contributed by atoms with van der Waals surface area (Å²) >= 11 is 0. The molecular weight excluding hydrogens is 290 g/mol. The summed E-state index contributed by atoms with van der Waals surface area (Å²) < 4.78 is 5.83. The van der Waals surface area contributed by atoms with Crippen molar-refractivity contribution >= 4 is 11.8 Å². The Balaban J connectivity index is 1.57. The van der Waals surface area contributed by atoms with Crippen LogP contribution >= 0.6 is 0 Å². The Labute approximate surface area is 136 Å². The predicted octanol–water partition coefficient (Wildman–Crippen LogP) is 3.43. The maximum absolute atomic E-state index is 12.2. The van der Waals surface area contributed by atoms with Crippen LogP contribution < -0.4 is 10.6 Å². The van der Waals surface area contributed by atoms with Crippen LogP contribution in [0.4, 0.5) is 10.6 Å². The van der Waals surface area contributed by atoms with E-state index in [0.29, 0.717) is 12.4 Å². The Morgan fingerprint density at radius 2 is 2.04 bits per heavy atom. The van der Waals surface area contributed by atoms with Crippen LogP contribution in [0.15, 0.2) is 48.7 Å². The molecule has 2 atom stereocenters. The minimum absolute atomic E-state index is 0.0341. The van der Waals surface area contributed by atoms with Gasteiger partial charge in [-0.2, -0.15) is 0 Å². The fraction of sp³-hybridized carbons (Fsp3) is 0.333. The number of nitrogens with zero attached hydrogens (tertiary/aromatic N) is 1. The molecule has 1 saturated heterocycles. The van der Waals surface area contributed by atoms with Crippen LogP contribution in [0.1, 0.15) is 30.1 Å². The second-order valence-corrected chi connectivity index (χ2v) is 5.76. The molecule has 5 nitrogen and oxygen atoms in total. The predicted molar refractivity (Wildman–Crippen MR) is 89.3 cm³/mol. The van der Waals surface area contributed by atoms with Gasteiger partial charge in [0.25, 0.3) is 0 Å². The molecule has 1 aromatic carbocycles. The van der Waals surface area contributed by atoms with E-state index in [1.54, 1.807) is 6.20 Å². The summed E-state index contributed by atoms with van der Waals surface area (Å²) in [5.74, 6) is 0.594. The van der Waals surface area contributed by atoms with Gasteiger partial charge in [-0.3, -0.25) is 5.32 Å². The zero-order chi connectivity index (χ0) is 16.1. The lowest BCUT2D eigenvalue weighted by Gasteiger charge is -2.30. The van der Waals surface area contributed by atoms with Crippen LogP contribution in [0.5, 0.6) is 0 Å². The number of benzene rings is 1. The number of amides is 2. The summed E-state index contributed by atoms with van der Waals surface area (Å²) in [6, 6.07) is 13.8. The first kappa shape index (κ1) is 15.5. The Morgan fingerprint density at radius 3 is 2.83 bits per heavy atom. The van der Waals surface area contributed by atoms with Gasteiger partial charge in [-0.05, 0) is 37.0 Å². The van der Waals surface area contributed by atoms with Crippen molar-refractivity contribution in [1.29, 1.82) is 0 Å². The number of nitrogens with one attached hydrogen (secondary N) is 2. The molecule has 120 valence electrons. The van der Waals surface area contributed by atoms with Crippen LogP contribution in [0.3, 0.4) is 0 Å². The van der Waals surface area contributed by atoms with Crippen molar-refractivity contribution in [2.75, 3.05) is 11.9 Å². The van der Waals surface area contributed by atoms with E-state index >= 15 is 0 Å². The number of ether oxygens (including phenoxy) is 1. The van der Waals surface area contributed by atoms with Gasteiger partial charge in [-0.15, -0.1) is 0 Å². The van der Waals surface area contributed by atoms with Gasteiger partial charge >= 0.3 is 6.03 Å². The topological polar surface area (TPSA) is 63.2 Å². The highest BCUT2D eigenvalue weighted by Crippen LogP contribution is 2.27. The van der Waals surface area contributed by atoms with Gasteiger partial charge in [0.05, 0.1) is 6.10 Å². The summed E-state index contributed by atoms with van der Waals surface area (Å²) in [4.78, 5) is 16.4. The third-order valence-electron chi connectivity index (χ3n) is 4.03. The van der Waals surface area contributed by atoms with Gasteiger partial charge in [0.15, 0.2) is 0 Å². The van der Waals surface area contributed by atoms with Gasteiger partial charge in [0.1, 0.15) is 5.82 Å². The smallest absolute Gasteiger partial charge is 0.320 e. The number of hydrogen-bond acceptors (Lipinski definition) is 3. The molecule has 0 spiro atoms. The van der Waals surface area contributed by atoms with Crippen molar-refractivity contribution < 1.29 is 9.53 Å². The Hall–Kier alpha value is -2.40. The lowest BCUT2D eigenvalue weighted by molar-refractivity contribution is 0.00253. The molecule has 1 aliphatic rings. The molecule has 2 aromatic rings. The molecule has 0 saturated carbocycles. The maximum Gasteiger partial charge on any atom is 0.320 e. The lowest BCUT2D eigenvalue weighted by Crippen LogP contribution is -2.42. The molecule has 2 heterocycles. The van der Waals surface area contributed by atoms with Crippen molar-refractivity contribution in [3.05, 3.63) is 59.8 Å². The van der Waals surface area contributed by atoms with Crippen LogP contribution in [0.25, 0.3) is 0 Å². The minimum Gasteiger partial charge on any atom is -0.373 e. The lowest BCUT2D eigenvalue weighted by atomic mass is 9.97. The van der Waals surface area contributed by atoms with E-state index in [4.69, 9.17) is 4.74 Å². The van der Waals surface area contributed by atoms with Crippen molar-refractivity contribution in [2.24, 2.45) is 0 Å². The highest BCUT2D eigenvalue weighted by Gasteiger charge is 2.25. The first-order valence-corrected chi connectivity index (χ1v) is 7.88. The average Bonchev–Trinajstić information content (AvgIpc) is 2.58. The molecule has 1 aromatic heterocycles. The first-order valence-electron chi connectivity index (χ1n) is 7.88. The van der Waals surface area contributed by atoms with Crippen molar-refractivity contribution in [1.82, 2.24) is 10.3 Å². The van der Waals surface area contributed by atoms with E-state index in [2.05, 4.69) is 27.8 Å². The van der Waals surface area contributed by atoms with Crippen LogP contribution in [-0.2, 0) is 4.74 Å². The Morgan fingerprint density at radius 1 is 1.22 bits per heavy atom.